The van der Waals surface area contributed by atoms with Crippen LogP contribution < -0.4 is 5.32 Å². The zero-order valence-electron chi connectivity index (χ0n) is 11.7. The van der Waals surface area contributed by atoms with Crippen LogP contribution in [0, 0.1) is 5.92 Å². The fourth-order valence-corrected chi connectivity index (χ4v) is 2.85. The maximum Gasteiger partial charge on any atom is 0.249 e. The van der Waals surface area contributed by atoms with Crippen LogP contribution >= 0.6 is 11.6 Å². The normalized spacial score (nSPS) is 35.9. The number of nitrogens with zero attached hydrogens (tertiary/aromatic N) is 1. The van der Waals surface area contributed by atoms with E-state index in [1.54, 1.807) is 11.0 Å². The number of hydrogen-bond donors (Lipinski definition) is 1. The van der Waals surface area contributed by atoms with Crippen molar-refractivity contribution in [2.75, 3.05) is 6.54 Å². The smallest absolute Gasteiger partial charge is 0.249 e. The zero-order chi connectivity index (χ0) is 14.3. The first-order chi connectivity index (χ1) is 8.90. The Bertz CT molecular complexity index is 433. The lowest BCUT2D eigenvalue weighted by molar-refractivity contribution is -0.161. The molecule has 106 valence electrons. The van der Waals surface area contributed by atoms with Gasteiger partial charge in [0.2, 0.25) is 11.8 Å². The average Bonchev–Trinajstić information content (AvgIpc) is 3.21. The summed E-state index contributed by atoms with van der Waals surface area (Å²) >= 11 is 5.57. The van der Waals surface area contributed by atoms with E-state index in [0.29, 0.717) is 13.0 Å². The summed E-state index contributed by atoms with van der Waals surface area (Å²) in [5, 5.41) is 2.97. The third-order valence-electron chi connectivity index (χ3n) is 4.61. The second kappa shape index (κ2) is 4.82. The molecule has 19 heavy (non-hydrogen) atoms. The highest BCUT2D eigenvalue weighted by Crippen LogP contribution is 2.44. The molecule has 1 aliphatic heterocycles. The average molecular weight is 285 g/mol. The lowest BCUT2D eigenvalue weighted by Gasteiger charge is -2.50. The van der Waals surface area contributed by atoms with Crippen molar-refractivity contribution in [2.45, 2.75) is 51.1 Å². The lowest BCUT2D eigenvalue weighted by atomic mass is 9.83. The second-order valence-electron chi connectivity index (χ2n) is 5.84. The summed E-state index contributed by atoms with van der Waals surface area (Å²) in [6.07, 6.45) is 4.30. The number of hydrogen-bond acceptors (Lipinski definition) is 2. The van der Waals surface area contributed by atoms with E-state index in [2.05, 4.69) is 5.32 Å². The lowest BCUT2D eigenvalue weighted by Crippen LogP contribution is -2.74. The van der Waals surface area contributed by atoms with Gasteiger partial charge in [0.05, 0.1) is 0 Å². The number of carbonyl (C=O) groups excluding carboxylic acids is 2. The Morgan fingerprint density at radius 2 is 2.05 bits per heavy atom. The molecular weight excluding hydrogens is 264 g/mol. The van der Waals surface area contributed by atoms with Crippen molar-refractivity contribution in [3.05, 3.63) is 11.6 Å². The standard InChI is InChI=1S/C14H21ClN2O2/c1-4-13(2)11(18)16-14(3,10-6-7-10)12(19)17(13)9-5-8-15/h5,8,10H,4,6-7,9H2,1-3H3,(H,16,18)/b8-5+. The number of piperazine rings is 1. The van der Waals surface area contributed by atoms with E-state index < -0.39 is 11.1 Å². The van der Waals surface area contributed by atoms with E-state index in [1.807, 2.05) is 20.8 Å². The van der Waals surface area contributed by atoms with Gasteiger partial charge in [-0.15, -0.1) is 0 Å². The first-order valence-corrected chi connectivity index (χ1v) is 7.23. The molecule has 0 aromatic rings. The molecule has 5 heteroatoms. The highest BCUT2D eigenvalue weighted by Gasteiger charge is 2.58. The molecule has 1 heterocycles. The van der Waals surface area contributed by atoms with Crippen LogP contribution in [0.2, 0.25) is 0 Å². The van der Waals surface area contributed by atoms with Crippen molar-refractivity contribution in [1.82, 2.24) is 10.2 Å². The molecule has 2 rings (SSSR count). The fraction of sp³-hybridized carbons (Fsp3) is 0.714. The van der Waals surface area contributed by atoms with Gasteiger partial charge in [0.1, 0.15) is 11.1 Å². The van der Waals surface area contributed by atoms with Crippen molar-refractivity contribution < 1.29 is 9.59 Å². The molecule has 0 aromatic heterocycles. The highest BCUT2D eigenvalue weighted by atomic mass is 35.5. The summed E-state index contributed by atoms with van der Waals surface area (Å²) in [5.74, 6) is 0.216. The third-order valence-corrected chi connectivity index (χ3v) is 4.79. The molecule has 1 saturated heterocycles. The van der Waals surface area contributed by atoms with Gasteiger partial charge in [0.25, 0.3) is 0 Å². The molecule has 2 unspecified atom stereocenters. The summed E-state index contributed by atoms with van der Waals surface area (Å²) in [5.41, 5.74) is -0.141. The maximum atomic E-state index is 12.8. The van der Waals surface area contributed by atoms with Crippen molar-refractivity contribution >= 4 is 23.4 Å². The fourth-order valence-electron chi connectivity index (χ4n) is 2.77. The van der Waals surface area contributed by atoms with Crippen LogP contribution in [0.4, 0.5) is 0 Å². The molecular formula is C14H21ClN2O2. The van der Waals surface area contributed by atoms with E-state index >= 15 is 0 Å². The largest absolute Gasteiger partial charge is 0.340 e. The number of halogens is 1. The first-order valence-electron chi connectivity index (χ1n) is 6.80. The Hall–Kier alpha value is -1.03. The number of amides is 2. The van der Waals surface area contributed by atoms with Crippen LogP contribution in [0.3, 0.4) is 0 Å². The molecule has 2 atom stereocenters. The van der Waals surface area contributed by atoms with Gasteiger partial charge in [0.15, 0.2) is 0 Å². The van der Waals surface area contributed by atoms with E-state index in [9.17, 15) is 9.59 Å². The van der Waals surface area contributed by atoms with Gasteiger partial charge in [-0.25, -0.2) is 0 Å². The van der Waals surface area contributed by atoms with Gasteiger partial charge in [-0.3, -0.25) is 9.59 Å². The van der Waals surface area contributed by atoms with Crippen molar-refractivity contribution in [3.8, 4) is 0 Å². The Morgan fingerprint density at radius 3 is 2.53 bits per heavy atom. The van der Waals surface area contributed by atoms with E-state index in [4.69, 9.17) is 11.6 Å². The molecule has 0 bridgehead atoms. The molecule has 1 N–H and O–H groups in total. The minimum absolute atomic E-state index is 0.00807. The molecule has 1 aliphatic carbocycles. The van der Waals surface area contributed by atoms with Gasteiger partial charge in [-0.05, 0) is 39.0 Å². The predicted molar refractivity (Wildman–Crippen MR) is 74.7 cm³/mol. The molecule has 0 aromatic carbocycles. The molecule has 0 radical (unpaired) electrons. The first kappa shape index (κ1) is 14.4. The van der Waals surface area contributed by atoms with E-state index in [1.165, 1.54) is 5.54 Å². The minimum Gasteiger partial charge on any atom is -0.340 e. The zero-order valence-corrected chi connectivity index (χ0v) is 12.5. The Balaban J connectivity index is 2.36. The molecule has 2 aliphatic rings. The molecule has 2 amide bonds. The van der Waals surface area contributed by atoms with Crippen LogP contribution in [-0.4, -0.2) is 34.3 Å². The molecule has 4 nitrogen and oxygen atoms in total. The van der Waals surface area contributed by atoms with Crippen LogP contribution in [0.5, 0.6) is 0 Å². The summed E-state index contributed by atoms with van der Waals surface area (Å²) in [6.45, 7) is 5.96. The van der Waals surface area contributed by atoms with Crippen molar-refractivity contribution in [1.29, 1.82) is 0 Å². The van der Waals surface area contributed by atoms with Crippen molar-refractivity contribution in [3.63, 3.8) is 0 Å². The van der Waals surface area contributed by atoms with E-state index in [0.717, 1.165) is 12.8 Å². The van der Waals surface area contributed by atoms with Gasteiger partial charge in [-0.2, -0.15) is 0 Å². The Morgan fingerprint density at radius 1 is 1.42 bits per heavy atom. The molecule has 0 spiro atoms. The summed E-state index contributed by atoms with van der Waals surface area (Å²) < 4.78 is 0. The van der Waals surface area contributed by atoms with E-state index in [-0.39, 0.29) is 17.7 Å². The second-order valence-corrected chi connectivity index (χ2v) is 6.09. The number of nitrogens with one attached hydrogen (secondary N) is 1. The summed E-state index contributed by atoms with van der Waals surface area (Å²) in [6, 6.07) is 0. The molecule has 2 fully saturated rings. The monoisotopic (exact) mass is 284 g/mol. The predicted octanol–water partition coefficient (Wildman–Crippen LogP) is 2.03. The highest BCUT2D eigenvalue weighted by molar-refractivity contribution is 6.25. The third kappa shape index (κ3) is 2.16. The SMILES string of the molecule is CCC1(C)C(=O)NC(C)(C2CC2)C(=O)N1C/C=C/Cl. The molecule has 1 saturated carbocycles. The number of carbonyl (C=O) groups is 2. The van der Waals surface area contributed by atoms with Crippen LogP contribution in [0.15, 0.2) is 11.6 Å². The summed E-state index contributed by atoms with van der Waals surface area (Å²) in [4.78, 5) is 26.9. The Labute approximate surface area is 119 Å². The minimum atomic E-state index is -0.790. The van der Waals surface area contributed by atoms with Gasteiger partial charge >= 0.3 is 0 Å². The van der Waals surface area contributed by atoms with Gasteiger partial charge < -0.3 is 10.2 Å². The topological polar surface area (TPSA) is 49.4 Å². The Kier molecular flexibility index (Phi) is 3.65. The number of rotatable bonds is 4. The van der Waals surface area contributed by atoms with Crippen molar-refractivity contribution in [2.24, 2.45) is 5.92 Å². The summed E-state index contributed by atoms with van der Waals surface area (Å²) in [7, 11) is 0. The van der Waals surface area contributed by atoms with Gasteiger partial charge in [0, 0.05) is 12.1 Å². The van der Waals surface area contributed by atoms with Gasteiger partial charge in [-0.1, -0.05) is 24.6 Å². The maximum absolute atomic E-state index is 12.8. The van der Waals surface area contributed by atoms with Crippen LogP contribution in [-0.2, 0) is 9.59 Å². The van der Waals surface area contributed by atoms with Crippen LogP contribution in [0.1, 0.15) is 40.0 Å². The quantitative estimate of drug-likeness (QED) is 0.859. The van der Waals surface area contributed by atoms with Crippen LogP contribution in [0.25, 0.3) is 0 Å².